The molecule has 0 aliphatic carbocycles. The van der Waals surface area contributed by atoms with Crippen molar-refractivity contribution in [3.05, 3.63) is 53.7 Å². The van der Waals surface area contributed by atoms with Gasteiger partial charge in [-0.05, 0) is 73.3 Å². The molecule has 0 radical (unpaired) electrons. The Labute approximate surface area is 274 Å². The van der Waals surface area contributed by atoms with Crippen LogP contribution in [-0.2, 0) is 11.2 Å². The SMILES string of the molecule is CCc1c(F)ccc2cc(O)cc(-c3c(F)c4nc(OC[C@@]56CCCN5C[C@H](F)C6)nc(N5CCOCC(C)(O)C5)c4c4ccnn34)c12. The second kappa shape index (κ2) is 11.5. The number of aromatic nitrogens is 4. The summed E-state index contributed by atoms with van der Waals surface area (Å²) in [4.78, 5) is 13.4. The topological polar surface area (TPSA) is 108 Å². The Morgan fingerprint density at radius 2 is 1.98 bits per heavy atom. The third-order valence-corrected chi connectivity index (χ3v) is 10.1. The zero-order chi connectivity index (χ0) is 33.4. The summed E-state index contributed by atoms with van der Waals surface area (Å²) < 4.78 is 60.5. The van der Waals surface area contributed by atoms with E-state index in [1.807, 2.05) is 11.8 Å². The first-order chi connectivity index (χ1) is 23.1. The molecule has 3 aliphatic heterocycles. The lowest BCUT2D eigenvalue weighted by atomic mass is 9.94. The van der Waals surface area contributed by atoms with E-state index in [9.17, 15) is 14.6 Å². The maximum Gasteiger partial charge on any atom is 0.319 e. The van der Waals surface area contributed by atoms with E-state index >= 15 is 8.78 Å². The number of phenols is 1. The zero-order valence-corrected chi connectivity index (χ0v) is 26.8. The minimum absolute atomic E-state index is 0.0119. The van der Waals surface area contributed by atoms with Gasteiger partial charge in [-0.3, -0.25) is 4.90 Å². The highest BCUT2D eigenvalue weighted by molar-refractivity contribution is 6.07. The molecule has 2 N–H and O–H groups in total. The molecule has 48 heavy (non-hydrogen) atoms. The molecular weight excluding hydrogens is 625 g/mol. The van der Waals surface area contributed by atoms with Crippen molar-refractivity contribution in [1.82, 2.24) is 24.5 Å². The van der Waals surface area contributed by atoms with Crippen molar-refractivity contribution >= 4 is 33.0 Å². The van der Waals surface area contributed by atoms with Crippen molar-refractivity contribution in [2.24, 2.45) is 0 Å². The number of aliphatic hydroxyl groups is 1. The van der Waals surface area contributed by atoms with E-state index in [1.54, 1.807) is 19.1 Å². The molecule has 0 amide bonds. The number of halogens is 3. The standard InChI is InChI=1S/C35H37F3N6O4/c1-3-23-25(37)6-5-20-13-22(45)14-24(27(20)23)31-29(38)30-28(26-7-9-39-44(26)31)32(42-11-12-47-18-34(2,46)17-42)41-33(40-30)48-19-35-8-4-10-43(35)16-21(36)15-35/h5-7,9,13-14,21,45-46H,3-4,8,10-12,15-19H2,1-2H3/t21-,34?,35+/m1/s1. The number of hydrogen-bond acceptors (Lipinski definition) is 9. The van der Waals surface area contributed by atoms with Crippen LogP contribution < -0.4 is 9.64 Å². The number of nitrogens with zero attached hydrogens (tertiary/aromatic N) is 6. The van der Waals surface area contributed by atoms with Gasteiger partial charge in [0.15, 0.2) is 5.82 Å². The fourth-order valence-corrected chi connectivity index (χ4v) is 8.09. The fraction of sp³-hybridized carbons (Fsp3) is 0.457. The lowest BCUT2D eigenvalue weighted by molar-refractivity contribution is -0.0123. The third kappa shape index (κ3) is 5.01. The van der Waals surface area contributed by atoms with Crippen LogP contribution >= 0.6 is 0 Å². The van der Waals surface area contributed by atoms with Crippen LogP contribution in [0.3, 0.4) is 0 Å². The van der Waals surface area contributed by atoms with Crippen LogP contribution in [0.4, 0.5) is 19.0 Å². The number of benzene rings is 2. The molecule has 3 aromatic heterocycles. The number of fused-ring (bicyclic) bond motifs is 5. The highest BCUT2D eigenvalue weighted by Crippen LogP contribution is 2.43. The molecule has 0 saturated carbocycles. The number of aromatic hydroxyl groups is 1. The number of anilines is 1. The second-order valence-corrected chi connectivity index (χ2v) is 13.7. The maximum absolute atomic E-state index is 17.4. The Morgan fingerprint density at radius 1 is 1.12 bits per heavy atom. The van der Waals surface area contributed by atoms with Crippen LogP contribution in [-0.4, -0.2) is 98.0 Å². The van der Waals surface area contributed by atoms with E-state index in [2.05, 4.69) is 15.0 Å². The molecule has 3 atom stereocenters. The van der Waals surface area contributed by atoms with Crippen LogP contribution in [0.2, 0.25) is 0 Å². The van der Waals surface area contributed by atoms with Gasteiger partial charge in [0.1, 0.15) is 47.0 Å². The van der Waals surface area contributed by atoms with Crippen LogP contribution in [0, 0.1) is 11.6 Å². The van der Waals surface area contributed by atoms with Gasteiger partial charge in [0, 0.05) is 25.1 Å². The largest absolute Gasteiger partial charge is 0.508 e. The Morgan fingerprint density at radius 3 is 2.81 bits per heavy atom. The zero-order valence-electron chi connectivity index (χ0n) is 26.8. The summed E-state index contributed by atoms with van der Waals surface area (Å²) >= 11 is 0. The summed E-state index contributed by atoms with van der Waals surface area (Å²) in [6.45, 7) is 5.65. The molecule has 5 aromatic rings. The molecule has 13 heteroatoms. The summed E-state index contributed by atoms with van der Waals surface area (Å²) in [6.07, 6.45) is 2.95. The number of alkyl halides is 1. The molecule has 252 valence electrons. The molecule has 6 heterocycles. The highest BCUT2D eigenvalue weighted by Gasteiger charge is 2.49. The van der Waals surface area contributed by atoms with E-state index in [0.717, 1.165) is 19.4 Å². The van der Waals surface area contributed by atoms with Crippen molar-refractivity contribution in [1.29, 1.82) is 0 Å². The molecule has 1 unspecified atom stereocenters. The number of phenolic OH excluding ortho intramolecular Hbond substituents is 1. The lowest BCUT2D eigenvalue weighted by Gasteiger charge is -2.31. The van der Waals surface area contributed by atoms with Gasteiger partial charge in [-0.2, -0.15) is 15.1 Å². The molecule has 3 saturated heterocycles. The Balaban J connectivity index is 1.37. The van der Waals surface area contributed by atoms with Gasteiger partial charge in [0.25, 0.3) is 0 Å². The minimum Gasteiger partial charge on any atom is -0.508 e. The Bertz CT molecular complexity index is 2070. The summed E-state index contributed by atoms with van der Waals surface area (Å²) in [5.74, 6) is -0.994. The first kappa shape index (κ1) is 31.1. The first-order valence-electron chi connectivity index (χ1n) is 16.5. The molecule has 0 bridgehead atoms. The predicted molar refractivity (Wildman–Crippen MR) is 174 cm³/mol. The number of ether oxygens (including phenoxy) is 2. The maximum atomic E-state index is 17.4. The van der Waals surface area contributed by atoms with E-state index in [0.29, 0.717) is 65.6 Å². The average molecular weight is 663 g/mol. The lowest BCUT2D eigenvalue weighted by Crippen LogP contribution is -2.44. The van der Waals surface area contributed by atoms with E-state index in [4.69, 9.17) is 14.5 Å². The van der Waals surface area contributed by atoms with Crippen LogP contribution in [0.5, 0.6) is 11.8 Å². The van der Waals surface area contributed by atoms with Gasteiger partial charge in [-0.25, -0.2) is 17.7 Å². The smallest absolute Gasteiger partial charge is 0.319 e. The van der Waals surface area contributed by atoms with Crippen LogP contribution in [0.1, 0.15) is 38.7 Å². The molecule has 3 aliphatic rings. The van der Waals surface area contributed by atoms with Crippen LogP contribution in [0.15, 0.2) is 36.5 Å². The molecule has 0 spiro atoms. The molecule has 3 fully saturated rings. The molecule has 10 nitrogen and oxygen atoms in total. The van der Waals surface area contributed by atoms with Gasteiger partial charge < -0.3 is 24.6 Å². The van der Waals surface area contributed by atoms with Crippen molar-refractivity contribution in [2.75, 3.05) is 50.9 Å². The molecular formula is C35H37F3N6O4. The van der Waals surface area contributed by atoms with Gasteiger partial charge in [-0.1, -0.05) is 13.0 Å². The molecule has 8 rings (SSSR count). The molecule has 2 aromatic carbocycles. The van der Waals surface area contributed by atoms with Gasteiger partial charge in [-0.15, -0.1) is 0 Å². The van der Waals surface area contributed by atoms with Crippen molar-refractivity contribution in [2.45, 2.75) is 56.8 Å². The average Bonchev–Trinajstić information content (AvgIpc) is 3.72. The summed E-state index contributed by atoms with van der Waals surface area (Å²) in [7, 11) is 0. The summed E-state index contributed by atoms with van der Waals surface area (Å²) in [5.41, 5.74) is -0.693. The second-order valence-electron chi connectivity index (χ2n) is 13.7. The normalized spacial score (nSPS) is 25.0. The highest BCUT2D eigenvalue weighted by atomic mass is 19.1. The number of β-amino-alcohol motifs (C(OH)–C–C–N with tert-alkyl or cyclic N) is 1. The van der Waals surface area contributed by atoms with Crippen molar-refractivity contribution in [3.8, 4) is 23.0 Å². The van der Waals surface area contributed by atoms with Gasteiger partial charge in [0.05, 0.1) is 42.4 Å². The third-order valence-electron chi connectivity index (χ3n) is 10.1. The predicted octanol–water partition coefficient (Wildman–Crippen LogP) is 5.19. The minimum atomic E-state index is -1.23. The number of rotatable bonds is 6. The quantitative estimate of drug-likeness (QED) is 0.254. The summed E-state index contributed by atoms with van der Waals surface area (Å²) in [5, 5.41) is 27.7. The number of pyridine rings is 1. The number of aryl methyl sites for hydroxylation is 1. The monoisotopic (exact) mass is 662 g/mol. The summed E-state index contributed by atoms with van der Waals surface area (Å²) in [6, 6.07) is 7.47. The fourth-order valence-electron chi connectivity index (χ4n) is 8.09. The van der Waals surface area contributed by atoms with Gasteiger partial charge >= 0.3 is 6.01 Å². The first-order valence-corrected chi connectivity index (χ1v) is 16.5. The van der Waals surface area contributed by atoms with Crippen molar-refractivity contribution in [3.63, 3.8) is 0 Å². The van der Waals surface area contributed by atoms with Gasteiger partial charge in [0.2, 0.25) is 0 Å². The van der Waals surface area contributed by atoms with E-state index in [1.165, 1.54) is 28.9 Å². The van der Waals surface area contributed by atoms with Crippen LogP contribution in [0.25, 0.3) is 38.4 Å². The Kier molecular flexibility index (Phi) is 7.42. The van der Waals surface area contributed by atoms with E-state index in [-0.39, 0.29) is 48.3 Å². The Hall–Kier alpha value is -4.20. The van der Waals surface area contributed by atoms with Crippen molar-refractivity contribution < 1.29 is 32.9 Å². The number of hydrogen-bond donors (Lipinski definition) is 2. The van der Waals surface area contributed by atoms with E-state index < -0.39 is 28.9 Å².